The number of hydrogen-bond acceptors (Lipinski definition) is 4. The number of nitrogens with zero attached hydrogens (tertiary/aromatic N) is 2. The first-order chi connectivity index (χ1) is 13.5. The lowest BCUT2D eigenvalue weighted by atomic mass is 10.1. The molecule has 2 aromatic carbocycles. The van der Waals surface area contributed by atoms with Crippen molar-refractivity contribution < 1.29 is 18.6 Å². The number of alkyl halides is 2. The molecule has 6 heteroatoms. The van der Waals surface area contributed by atoms with Gasteiger partial charge < -0.3 is 9.84 Å². The summed E-state index contributed by atoms with van der Waals surface area (Å²) in [6.07, 6.45) is 0.692. The second kappa shape index (κ2) is 9.96. The third kappa shape index (κ3) is 5.74. The molecule has 0 spiro atoms. The zero-order valence-corrected chi connectivity index (χ0v) is 16.2. The number of aliphatic hydroxyl groups excluding tert-OH is 1. The number of benzene rings is 2. The van der Waals surface area contributed by atoms with Crippen LogP contribution in [-0.2, 0) is 13.1 Å². The van der Waals surface area contributed by atoms with Gasteiger partial charge >= 0.3 is 6.61 Å². The summed E-state index contributed by atoms with van der Waals surface area (Å²) in [6.45, 7) is 3.30. The standard InChI is InChI=1S/C22H28F2N2O2/c1-17-6-8-18(9-7-17)14-26-12-11-25(16-20(26)10-13-27)15-19-4-2-3-5-21(19)28-22(23)24/h2-9,20,22,27H,10-16H2,1H3. The average molecular weight is 390 g/mol. The van der Waals surface area contributed by atoms with Crippen LogP contribution in [0.15, 0.2) is 48.5 Å². The van der Waals surface area contributed by atoms with Gasteiger partial charge in [0.05, 0.1) is 0 Å². The minimum absolute atomic E-state index is 0.133. The van der Waals surface area contributed by atoms with Crippen molar-refractivity contribution in [2.24, 2.45) is 0 Å². The number of aryl methyl sites for hydroxylation is 1. The maximum absolute atomic E-state index is 12.7. The van der Waals surface area contributed by atoms with E-state index >= 15 is 0 Å². The number of ether oxygens (including phenoxy) is 1. The Kier molecular flexibility index (Phi) is 7.36. The number of piperazine rings is 1. The van der Waals surface area contributed by atoms with Gasteiger partial charge in [0.1, 0.15) is 5.75 Å². The van der Waals surface area contributed by atoms with Crippen LogP contribution in [0.2, 0.25) is 0 Å². The molecule has 1 fully saturated rings. The fraction of sp³-hybridized carbons (Fsp3) is 0.455. The summed E-state index contributed by atoms with van der Waals surface area (Å²) < 4.78 is 30.0. The maximum atomic E-state index is 12.7. The number of hydrogen-bond donors (Lipinski definition) is 1. The Morgan fingerprint density at radius 2 is 1.82 bits per heavy atom. The average Bonchev–Trinajstić information content (AvgIpc) is 2.67. The summed E-state index contributed by atoms with van der Waals surface area (Å²) >= 11 is 0. The molecular formula is C22H28F2N2O2. The van der Waals surface area contributed by atoms with Crippen molar-refractivity contribution in [1.29, 1.82) is 0 Å². The van der Waals surface area contributed by atoms with Gasteiger partial charge in [-0.3, -0.25) is 9.80 Å². The van der Waals surface area contributed by atoms with E-state index < -0.39 is 6.61 Å². The van der Waals surface area contributed by atoms with Crippen molar-refractivity contribution >= 4 is 0 Å². The molecule has 1 unspecified atom stereocenters. The zero-order valence-electron chi connectivity index (χ0n) is 16.2. The Morgan fingerprint density at radius 3 is 2.54 bits per heavy atom. The molecule has 28 heavy (non-hydrogen) atoms. The molecule has 1 N–H and O–H groups in total. The molecule has 3 rings (SSSR count). The third-order valence-corrected chi connectivity index (χ3v) is 5.24. The van der Waals surface area contributed by atoms with Crippen LogP contribution in [0.25, 0.3) is 0 Å². The Labute approximate surface area is 165 Å². The van der Waals surface area contributed by atoms with Crippen LogP contribution < -0.4 is 4.74 Å². The molecule has 0 saturated carbocycles. The molecule has 1 aliphatic rings. The highest BCUT2D eigenvalue weighted by molar-refractivity contribution is 5.33. The van der Waals surface area contributed by atoms with Crippen molar-refractivity contribution in [3.8, 4) is 5.75 Å². The Bertz CT molecular complexity index is 740. The lowest BCUT2D eigenvalue weighted by molar-refractivity contribution is -0.0510. The predicted molar refractivity (Wildman–Crippen MR) is 105 cm³/mol. The van der Waals surface area contributed by atoms with E-state index in [1.54, 1.807) is 12.1 Å². The van der Waals surface area contributed by atoms with Gasteiger partial charge in [-0.05, 0) is 25.0 Å². The smallest absolute Gasteiger partial charge is 0.387 e. The summed E-state index contributed by atoms with van der Waals surface area (Å²) in [5.41, 5.74) is 3.26. The van der Waals surface area contributed by atoms with Crippen LogP contribution in [0, 0.1) is 6.92 Å². The number of halogens is 2. The molecule has 152 valence electrons. The molecule has 1 heterocycles. The Balaban J connectivity index is 1.64. The summed E-state index contributed by atoms with van der Waals surface area (Å²) in [4.78, 5) is 4.65. The van der Waals surface area contributed by atoms with Gasteiger partial charge in [0.25, 0.3) is 0 Å². The minimum Gasteiger partial charge on any atom is -0.434 e. The summed E-state index contributed by atoms with van der Waals surface area (Å²) in [5.74, 6) is 0.235. The number of aliphatic hydroxyl groups is 1. The SMILES string of the molecule is Cc1ccc(CN2CCN(Cc3ccccc3OC(F)F)CC2CCO)cc1. The van der Waals surface area contributed by atoms with E-state index in [1.165, 1.54) is 11.1 Å². The minimum atomic E-state index is -2.82. The summed E-state index contributed by atoms with van der Waals surface area (Å²) in [6, 6.07) is 15.7. The van der Waals surface area contributed by atoms with Crippen molar-refractivity contribution in [1.82, 2.24) is 9.80 Å². The van der Waals surface area contributed by atoms with Crippen LogP contribution in [0.3, 0.4) is 0 Å². The second-order valence-electron chi connectivity index (χ2n) is 7.34. The van der Waals surface area contributed by atoms with Gasteiger partial charge in [0, 0.05) is 50.9 Å². The molecule has 1 atom stereocenters. The maximum Gasteiger partial charge on any atom is 0.387 e. The number of para-hydroxylation sites is 1. The van der Waals surface area contributed by atoms with E-state index in [1.807, 2.05) is 12.1 Å². The van der Waals surface area contributed by atoms with Gasteiger partial charge in [-0.15, -0.1) is 0 Å². The van der Waals surface area contributed by atoms with Crippen LogP contribution in [0.4, 0.5) is 8.78 Å². The van der Waals surface area contributed by atoms with E-state index in [0.29, 0.717) is 13.0 Å². The fourth-order valence-electron chi connectivity index (χ4n) is 3.75. The largest absolute Gasteiger partial charge is 0.434 e. The van der Waals surface area contributed by atoms with Gasteiger partial charge in [-0.2, -0.15) is 8.78 Å². The molecule has 0 aromatic heterocycles. The normalized spacial score (nSPS) is 18.5. The van der Waals surface area contributed by atoms with Gasteiger partial charge in [0.2, 0.25) is 0 Å². The van der Waals surface area contributed by atoms with Gasteiger partial charge in [0.15, 0.2) is 0 Å². The Morgan fingerprint density at radius 1 is 1.07 bits per heavy atom. The molecule has 0 amide bonds. The topological polar surface area (TPSA) is 35.9 Å². The first-order valence-corrected chi connectivity index (χ1v) is 9.70. The summed E-state index contributed by atoms with van der Waals surface area (Å²) in [5, 5.41) is 9.51. The molecule has 1 aliphatic heterocycles. The third-order valence-electron chi connectivity index (χ3n) is 5.24. The molecule has 0 aliphatic carbocycles. The molecule has 4 nitrogen and oxygen atoms in total. The van der Waals surface area contributed by atoms with E-state index in [4.69, 9.17) is 0 Å². The predicted octanol–water partition coefficient (Wildman–Crippen LogP) is 3.67. The molecular weight excluding hydrogens is 362 g/mol. The van der Waals surface area contributed by atoms with Crippen molar-refractivity contribution in [3.05, 3.63) is 65.2 Å². The molecule has 0 bridgehead atoms. The van der Waals surface area contributed by atoms with Crippen LogP contribution in [0.1, 0.15) is 23.1 Å². The van der Waals surface area contributed by atoms with Crippen LogP contribution in [0.5, 0.6) is 5.75 Å². The molecule has 0 radical (unpaired) electrons. The second-order valence-corrected chi connectivity index (χ2v) is 7.34. The molecule has 1 saturated heterocycles. The lowest BCUT2D eigenvalue weighted by Crippen LogP contribution is -2.52. The fourth-order valence-corrected chi connectivity index (χ4v) is 3.75. The highest BCUT2D eigenvalue weighted by Crippen LogP contribution is 2.24. The van der Waals surface area contributed by atoms with Crippen LogP contribution >= 0.6 is 0 Å². The highest BCUT2D eigenvalue weighted by Gasteiger charge is 2.27. The highest BCUT2D eigenvalue weighted by atomic mass is 19.3. The number of rotatable bonds is 8. The van der Waals surface area contributed by atoms with Crippen molar-refractivity contribution in [2.75, 3.05) is 26.2 Å². The van der Waals surface area contributed by atoms with E-state index in [-0.39, 0.29) is 18.4 Å². The Hall–Kier alpha value is -2.02. The van der Waals surface area contributed by atoms with Gasteiger partial charge in [-0.1, -0.05) is 48.0 Å². The lowest BCUT2D eigenvalue weighted by Gasteiger charge is -2.41. The first-order valence-electron chi connectivity index (χ1n) is 9.70. The first kappa shape index (κ1) is 20.7. The van der Waals surface area contributed by atoms with Crippen molar-refractivity contribution in [2.45, 2.75) is 39.1 Å². The molecule has 2 aromatic rings. The monoisotopic (exact) mass is 390 g/mol. The van der Waals surface area contributed by atoms with Crippen molar-refractivity contribution in [3.63, 3.8) is 0 Å². The summed E-state index contributed by atoms with van der Waals surface area (Å²) in [7, 11) is 0. The van der Waals surface area contributed by atoms with Gasteiger partial charge in [-0.25, -0.2) is 0 Å². The van der Waals surface area contributed by atoms with E-state index in [2.05, 4.69) is 45.7 Å². The van der Waals surface area contributed by atoms with Crippen LogP contribution in [-0.4, -0.2) is 53.8 Å². The zero-order chi connectivity index (χ0) is 19.9. The van der Waals surface area contributed by atoms with E-state index in [0.717, 1.165) is 31.7 Å². The van der Waals surface area contributed by atoms with E-state index in [9.17, 15) is 13.9 Å². The quantitative estimate of drug-likeness (QED) is 0.746.